The van der Waals surface area contributed by atoms with Gasteiger partial charge in [-0.15, -0.1) is 0 Å². The van der Waals surface area contributed by atoms with Crippen LogP contribution in [0.5, 0.6) is 0 Å². The van der Waals surface area contributed by atoms with Crippen LogP contribution in [0.1, 0.15) is 23.6 Å². The van der Waals surface area contributed by atoms with Crippen molar-refractivity contribution in [2.75, 3.05) is 10.8 Å². The van der Waals surface area contributed by atoms with Crippen molar-refractivity contribution in [3.05, 3.63) is 63.2 Å². The van der Waals surface area contributed by atoms with Gasteiger partial charge in [0, 0.05) is 18.7 Å². The molecular weight excluding hydrogens is 328 g/mol. The Balaban J connectivity index is 2.62. The van der Waals surface area contributed by atoms with Crippen LogP contribution in [0.2, 0.25) is 0 Å². The molecule has 0 aliphatic heterocycles. The van der Waals surface area contributed by atoms with Gasteiger partial charge in [0.15, 0.2) is 0 Å². The Bertz CT molecular complexity index is 868. The minimum Gasteiger partial charge on any atom is -0.266 e. The maximum Gasteiger partial charge on any atom is 0.270 e. The number of benzene rings is 2. The van der Waals surface area contributed by atoms with Gasteiger partial charge in [0.25, 0.3) is 15.7 Å². The van der Waals surface area contributed by atoms with E-state index in [1.165, 1.54) is 22.5 Å². The number of hydrogen-bond acceptors (Lipinski definition) is 4. The van der Waals surface area contributed by atoms with Crippen LogP contribution in [-0.4, -0.2) is 19.9 Å². The van der Waals surface area contributed by atoms with E-state index in [4.69, 9.17) is 0 Å². The number of nitrogens with zero attached hydrogens (tertiary/aromatic N) is 2. The van der Waals surface area contributed by atoms with E-state index in [2.05, 4.69) is 0 Å². The lowest BCUT2D eigenvalue weighted by atomic mass is 10.1. The SMILES string of the molecule is CCN(c1c(C)cc(C)cc1C)S(=O)(=O)c1cccc([N+](=O)[O-])c1. The Kier molecular flexibility index (Phi) is 4.94. The predicted molar refractivity (Wildman–Crippen MR) is 94.0 cm³/mol. The van der Waals surface area contributed by atoms with Gasteiger partial charge in [-0.1, -0.05) is 23.8 Å². The summed E-state index contributed by atoms with van der Waals surface area (Å²) in [4.78, 5) is 10.2. The Hall–Kier alpha value is -2.41. The maximum absolute atomic E-state index is 13.0. The lowest BCUT2D eigenvalue weighted by Crippen LogP contribution is -2.32. The minimum atomic E-state index is -3.89. The molecule has 0 amide bonds. The van der Waals surface area contributed by atoms with Crippen LogP contribution in [0.3, 0.4) is 0 Å². The fourth-order valence-electron chi connectivity index (χ4n) is 2.90. The van der Waals surface area contributed by atoms with E-state index in [0.717, 1.165) is 22.8 Å². The zero-order valence-corrected chi connectivity index (χ0v) is 14.9. The van der Waals surface area contributed by atoms with Gasteiger partial charge >= 0.3 is 0 Å². The third-order valence-corrected chi connectivity index (χ3v) is 5.66. The summed E-state index contributed by atoms with van der Waals surface area (Å²) in [6, 6.07) is 8.98. The third-order valence-electron chi connectivity index (χ3n) is 3.79. The summed E-state index contributed by atoms with van der Waals surface area (Å²) in [5.74, 6) is 0. The molecule has 0 heterocycles. The summed E-state index contributed by atoms with van der Waals surface area (Å²) < 4.78 is 27.4. The van der Waals surface area contributed by atoms with Gasteiger partial charge in [-0.05, 0) is 44.9 Å². The summed E-state index contributed by atoms with van der Waals surface area (Å²) in [5, 5.41) is 10.9. The molecule has 6 nitrogen and oxygen atoms in total. The number of anilines is 1. The van der Waals surface area contributed by atoms with Gasteiger partial charge in [0.1, 0.15) is 0 Å². The van der Waals surface area contributed by atoms with Crippen molar-refractivity contribution in [1.29, 1.82) is 0 Å². The van der Waals surface area contributed by atoms with Crippen LogP contribution in [0, 0.1) is 30.9 Å². The van der Waals surface area contributed by atoms with Gasteiger partial charge in [0.05, 0.1) is 15.5 Å². The molecule has 0 spiro atoms. The zero-order chi connectivity index (χ0) is 18.1. The molecule has 0 fully saturated rings. The molecule has 2 aromatic rings. The number of non-ortho nitro benzene ring substituents is 1. The maximum atomic E-state index is 13.0. The highest BCUT2D eigenvalue weighted by molar-refractivity contribution is 7.92. The molecule has 0 saturated heterocycles. The molecule has 24 heavy (non-hydrogen) atoms. The fraction of sp³-hybridized carbons (Fsp3) is 0.294. The predicted octanol–water partition coefficient (Wildman–Crippen LogP) is 3.74. The molecular formula is C17H20N2O4S. The van der Waals surface area contributed by atoms with E-state index in [1.54, 1.807) is 6.92 Å². The van der Waals surface area contributed by atoms with Crippen LogP contribution in [0.4, 0.5) is 11.4 Å². The highest BCUT2D eigenvalue weighted by Crippen LogP contribution is 2.31. The largest absolute Gasteiger partial charge is 0.270 e. The smallest absolute Gasteiger partial charge is 0.266 e. The van der Waals surface area contributed by atoms with E-state index in [1.807, 2.05) is 32.9 Å². The normalized spacial score (nSPS) is 11.3. The van der Waals surface area contributed by atoms with Crippen molar-refractivity contribution in [3.63, 3.8) is 0 Å². The first kappa shape index (κ1) is 17.9. The van der Waals surface area contributed by atoms with Gasteiger partial charge in [-0.2, -0.15) is 0 Å². The molecule has 0 unspecified atom stereocenters. The van der Waals surface area contributed by atoms with Crippen LogP contribution >= 0.6 is 0 Å². The van der Waals surface area contributed by atoms with Gasteiger partial charge in [0.2, 0.25) is 0 Å². The summed E-state index contributed by atoms with van der Waals surface area (Å²) in [6.45, 7) is 7.65. The highest BCUT2D eigenvalue weighted by Gasteiger charge is 2.27. The monoisotopic (exact) mass is 348 g/mol. The molecule has 0 radical (unpaired) electrons. The second kappa shape index (κ2) is 6.60. The molecule has 128 valence electrons. The topological polar surface area (TPSA) is 80.5 Å². The van der Waals surface area contributed by atoms with Crippen molar-refractivity contribution in [1.82, 2.24) is 0 Å². The standard InChI is InChI=1S/C17H20N2O4S/c1-5-18(17-13(3)9-12(2)10-14(17)4)24(22,23)16-8-6-7-15(11-16)19(20)21/h6-11H,5H2,1-4H3. The van der Waals surface area contributed by atoms with Crippen LogP contribution in [0.25, 0.3) is 0 Å². The fourth-order valence-corrected chi connectivity index (χ4v) is 4.54. The van der Waals surface area contributed by atoms with E-state index >= 15 is 0 Å². The molecule has 2 aromatic carbocycles. The molecule has 0 bridgehead atoms. The second-order valence-electron chi connectivity index (χ2n) is 5.67. The quantitative estimate of drug-likeness (QED) is 0.609. The summed E-state index contributed by atoms with van der Waals surface area (Å²) >= 11 is 0. The van der Waals surface area contributed by atoms with Crippen molar-refractivity contribution in [2.24, 2.45) is 0 Å². The summed E-state index contributed by atoms with van der Waals surface area (Å²) in [7, 11) is -3.89. The first-order valence-electron chi connectivity index (χ1n) is 7.53. The molecule has 0 N–H and O–H groups in total. The van der Waals surface area contributed by atoms with Crippen molar-refractivity contribution < 1.29 is 13.3 Å². The Morgan fingerprint density at radius 1 is 1.08 bits per heavy atom. The third kappa shape index (κ3) is 3.26. The van der Waals surface area contributed by atoms with Crippen molar-refractivity contribution in [2.45, 2.75) is 32.6 Å². The van der Waals surface area contributed by atoms with Crippen molar-refractivity contribution >= 4 is 21.4 Å². The molecule has 0 aliphatic carbocycles. The Morgan fingerprint density at radius 2 is 1.67 bits per heavy atom. The minimum absolute atomic E-state index is 0.0853. The molecule has 7 heteroatoms. The van der Waals surface area contributed by atoms with E-state index in [-0.39, 0.29) is 17.1 Å². The Labute approximate surface area is 141 Å². The molecule has 2 rings (SSSR count). The lowest BCUT2D eigenvalue weighted by molar-refractivity contribution is -0.385. The average molecular weight is 348 g/mol. The molecule has 0 aliphatic rings. The first-order valence-corrected chi connectivity index (χ1v) is 8.97. The number of aryl methyl sites for hydroxylation is 3. The molecule has 0 aromatic heterocycles. The van der Waals surface area contributed by atoms with E-state index in [0.29, 0.717) is 5.69 Å². The number of sulfonamides is 1. The van der Waals surface area contributed by atoms with Crippen molar-refractivity contribution in [3.8, 4) is 0 Å². The molecule has 0 atom stereocenters. The number of hydrogen-bond donors (Lipinski definition) is 0. The average Bonchev–Trinajstić information content (AvgIpc) is 2.50. The second-order valence-corrected chi connectivity index (χ2v) is 7.53. The Morgan fingerprint density at radius 3 is 2.17 bits per heavy atom. The van der Waals surface area contributed by atoms with Crippen LogP contribution in [-0.2, 0) is 10.0 Å². The zero-order valence-electron chi connectivity index (χ0n) is 14.1. The number of rotatable bonds is 5. The lowest BCUT2D eigenvalue weighted by Gasteiger charge is -2.26. The number of nitro benzene ring substituents is 1. The van der Waals surface area contributed by atoms with Gasteiger partial charge < -0.3 is 0 Å². The highest BCUT2D eigenvalue weighted by atomic mass is 32.2. The molecule has 0 saturated carbocycles. The van der Waals surface area contributed by atoms with E-state index < -0.39 is 14.9 Å². The van der Waals surface area contributed by atoms with E-state index in [9.17, 15) is 18.5 Å². The summed E-state index contributed by atoms with van der Waals surface area (Å²) in [5.41, 5.74) is 3.13. The first-order chi connectivity index (χ1) is 11.2. The number of nitro groups is 1. The van der Waals surface area contributed by atoms with Crippen LogP contribution < -0.4 is 4.31 Å². The van der Waals surface area contributed by atoms with Gasteiger partial charge in [-0.25, -0.2) is 8.42 Å². The van der Waals surface area contributed by atoms with Crippen LogP contribution in [0.15, 0.2) is 41.3 Å². The summed E-state index contributed by atoms with van der Waals surface area (Å²) in [6.07, 6.45) is 0. The van der Waals surface area contributed by atoms with Gasteiger partial charge in [-0.3, -0.25) is 14.4 Å².